The summed E-state index contributed by atoms with van der Waals surface area (Å²) in [4.78, 5) is 0. The highest BCUT2D eigenvalue weighted by atomic mass is 16.5. The molecular weight excluding hydrogens is 234 g/mol. The molecule has 1 heterocycles. The lowest BCUT2D eigenvalue weighted by atomic mass is 9.89. The van der Waals surface area contributed by atoms with E-state index in [1.807, 2.05) is 0 Å². The van der Waals surface area contributed by atoms with Crippen LogP contribution >= 0.6 is 0 Å². The molecule has 0 saturated heterocycles. The Kier molecular flexibility index (Phi) is 3.53. The van der Waals surface area contributed by atoms with E-state index < -0.39 is 0 Å². The predicted molar refractivity (Wildman–Crippen MR) is 78.5 cm³/mol. The molecule has 1 aromatic rings. The van der Waals surface area contributed by atoms with Gasteiger partial charge in [-0.05, 0) is 55.0 Å². The third-order valence-electron chi connectivity index (χ3n) is 4.73. The molecule has 1 saturated carbocycles. The van der Waals surface area contributed by atoms with Crippen LogP contribution in [-0.2, 0) is 13.0 Å². The first kappa shape index (κ1) is 13.0. The molecular formula is C17H25NO. The Labute approximate surface area is 116 Å². The van der Waals surface area contributed by atoms with E-state index in [0.717, 1.165) is 37.8 Å². The third-order valence-corrected chi connectivity index (χ3v) is 4.73. The Hall–Kier alpha value is -1.02. The van der Waals surface area contributed by atoms with Crippen molar-refractivity contribution in [2.24, 2.45) is 11.3 Å². The number of nitrogens with one attached hydrogen (secondary N) is 1. The van der Waals surface area contributed by atoms with E-state index in [-0.39, 0.29) is 0 Å². The normalized spacial score (nSPS) is 30.1. The van der Waals surface area contributed by atoms with E-state index in [9.17, 15) is 0 Å². The first-order valence-corrected chi connectivity index (χ1v) is 7.60. The van der Waals surface area contributed by atoms with Gasteiger partial charge in [-0.3, -0.25) is 0 Å². The van der Waals surface area contributed by atoms with Crippen molar-refractivity contribution < 1.29 is 4.74 Å². The second-order valence-electron chi connectivity index (χ2n) is 6.80. The SMILES string of the molecule is CC1CCC(C)(COc2ccc3c(c2)CNCC3)C1. The van der Waals surface area contributed by atoms with Crippen molar-refractivity contribution in [1.82, 2.24) is 5.32 Å². The van der Waals surface area contributed by atoms with E-state index in [4.69, 9.17) is 4.74 Å². The van der Waals surface area contributed by atoms with E-state index in [2.05, 4.69) is 37.4 Å². The maximum Gasteiger partial charge on any atom is 0.119 e. The fourth-order valence-electron chi connectivity index (χ4n) is 3.58. The minimum Gasteiger partial charge on any atom is -0.493 e. The van der Waals surface area contributed by atoms with Gasteiger partial charge in [-0.1, -0.05) is 26.3 Å². The Morgan fingerprint density at radius 1 is 1.37 bits per heavy atom. The van der Waals surface area contributed by atoms with Crippen LogP contribution in [0.25, 0.3) is 0 Å². The lowest BCUT2D eigenvalue weighted by molar-refractivity contribution is 0.164. The second kappa shape index (κ2) is 5.16. The molecule has 2 atom stereocenters. The van der Waals surface area contributed by atoms with Crippen molar-refractivity contribution in [2.75, 3.05) is 13.2 Å². The van der Waals surface area contributed by atoms with Crippen LogP contribution in [0.1, 0.15) is 44.2 Å². The molecule has 19 heavy (non-hydrogen) atoms. The van der Waals surface area contributed by atoms with Gasteiger partial charge in [-0.2, -0.15) is 0 Å². The molecule has 104 valence electrons. The smallest absolute Gasteiger partial charge is 0.119 e. The highest BCUT2D eigenvalue weighted by Gasteiger charge is 2.33. The molecule has 0 bridgehead atoms. The number of hydrogen-bond donors (Lipinski definition) is 1. The molecule has 2 nitrogen and oxygen atoms in total. The summed E-state index contributed by atoms with van der Waals surface area (Å²) in [5.41, 5.74) is 3.27. The van der Waals surface area contributed by atoms with Crippen LogP contribution in [0.5, 0.6) is 5.75 Å². The van der Waals surface area contributed by atoms with Crippen LogP contribution in [0.3, 0.4) is 0 Å². The predicted octanol–water partition coefficient (Wildman–Crippen LogP) is 3.54. The first-order valence-electron chi connectivity index (χ1n) is 7.60. The van der Waals surface area contributed by atoms with Gasteiger partial charge in [0.15, 0.2) is 0 Å². The zero-order chi connectivity index (χ0) is 13.3. The largest absolute Gasteiger partial charge is 0.493 e. The minimum atomic E-state index is 0.383. The Bertz CT molecular complexity index is 457. The molecule has 1 aliphatic heterocycles. The van der Waals surface area contributed by atoms with Crippen molar-refractivity contribution in [1.29, 1.82) is 0 Å². The molecule has 1 aromatic carbocycles. The molecule has 0 amide bonds. The average Bonchev–Trinajstić information content (AvgIpc) is 2.77. The van der Waals surface area contributed by atoms with Crippen molar-refractivity contribution in [2.45, 2.75) is 46.1 Å². The standard InChI is InChI=1S/C17H25NO/c1-13-5-7-17(2,10-13)12-19-16-4-3-14-6-8-18-11-15(14)9-16/h3-4,9,13,18H,5-8,10-12H2,1-2H3. The minimum absolute atomic E-state index is 0.383. The van der Waals surface area contributed by atoms with E-state index in [0.29, 0.717) is 5.41 Å². The Morgan fingerprint density at radius 3 is 3.05 bits per heavy atom. The van der Waals surface area contributed by atoms with Gasteiger partial charge in [-0.15, -0.1) is 0 Å². The monoisotopic (exact) mass is 259 g/mol. The number of benzene rings is 1. The Morgan fingerprint density at radius 2 is 2.26 bits per heavy atom. The molecule has 2 heteroatoms. The van der Waals surface area contributed by atoms with Gasteiger partial charge in [0.25, 0.3) is 0 Å². The number of hydrogen-bond acceptors (Lipinski definition) is 2. The van der Waals surface area contributed by atoms with E-state index in [1.54, 1.807) is 0 Å². The average molecular weight is 259 g/mol. The van der Waals surface area contributed by atoms with Gasteiger partial charge >= 0.3 is 0 Å². The molecule has 0 aromatic heterocycles. The fraction of sp³-hybridized carbons (Fsp3) is 0.647. The summed E-state index contributed by atoms with van der Waals surface area (Å²) in [6.07, 6.45) is 5.11. The number of fused-ring (bicyclic) bond motifs is 1. The maximum atomic E-state index is 6.08. The topological polar surface area (TPSA) is 21.3 Å². The molecule has 2 unspecified atom stereocenters. The van der Waals surface area contributed by atoms with Gasteiger partial charge in [-0.25, -0.2) is 0 Å². The summed E-state index contributed by atoms with van der Waals surface area (Å²) in [6, 6.07) is 6.61. The first-order chi connectivity index (χ1) is 9.15. The van der Waals surface area contributed by atoms with Crippen LogP contribution in [0.2, 0.25) is 0 Å². The fourth-order valence-corrected chi connectivity index (χ4v) is 3.58. The lowest BCUT2D eigenvalue weighted by Crippen LogP contribution is -2.24. The zero-order valence-electron chi connectivity index (χ0n) is 12.2. The summed E-state index contributed by atoms with van der Waals surface area (Å²) < 4.78 is 6.08. The van der Waals surface area contributed by atoms with Gasteiger partial charge in [0.1, 0.15) is 5.75 Å². The molecule has 1 N–H and O–H groups in total. The summed E-state index contributed by atoms with van der Waals surface area (Å²) in [6.45, 7) is 7.68. The van der Waals surface area contributed by atoms with Crippen molar-refractivity contribution in [3.63, 3.8) is 0 Å². The molecule has 2 aliphatic rings. The molecule has 3 rings (SSSR count). The molecule has 1 fully saturated rings. The van der Waals surface area contributed by atoms with Gasteiger partial charge < -0.3 is 10.1 Å². The highest BCUT2D eigenvalue weighted by molar-refractivity contribution is 5.37. The van der Waals surface area contributed by atoms with E-state index in [1.165, 1.54) is 30.4 Å². The summed E-state index contributed by atoms with van der Waals surface area (Å²) in [7, 11) is 0. The molecule has 0 spiro atoms. The molecule has 1 aliphatic carbocycles. The van der Waals surface area contributed by atoms with Crippen molar-refractivity contribution in [3.05, 3.63) is 29.3 Å². The second-order valence-corrected chi connectivity index (χ2v) is 6.80. The van der Waals surface area contributed by atoms with Crippen LogP contribution in [0.4, 0.5) is 0 Å². The van der Waals surface area contributed by atoms with Crippen LogP contribution < -0.4 is 10.1 Å². The Balaban J connectivity index is 1.64. The van der Waals surface area contributed by atoms with E-state index >= 15 is 0 Å². The van der Waals surface area contributed by atoms with Crippen LogP contribution in [0.15, 0.2) is 18.2 Å². The third kappa shape index (κ3) is 2.94. The number of ether oxygens (including phenoxy) is 1. The highest BCUT2D eigenvalue weighted by Crippen LogP contribution is 2.41. The van der Waals surface area contributed by atoms with Gasteiger partial charge in [0.2, 0.25) is 0 Å². The number of rotatable bonds is 3. The van der Waals surface area contributed by atoms with Gasteiger partial charge in [0.05, 0.1) is 6.61 Å². The molecule has 0 radical (unpaired) electrons. The maximum absolute atomic E-state index is 6.08. The van der Waals surface area contributed by atoms with Crippen molar-refractivity contribution >= 4 is 0 Å². The summed E-state index contributed by atoms with van der Waals surface area (Å²) >= 11 is 0. The summed E-state index contributed by atoms with van der Waals surface area (Å²) in [5.74, 6) is 1.91. The lowest BCUT2D eigenvalue weighted by Gasteiger charge is -2.25. The van der Waals surface area contributed by atoms with Crippen LogP contribution in [0, 0.1) is 11.3 Å². The van der Waals surface area contributed by atoms with Gasteiger partial charge in [0, 0.05) is 12.0 Å². The zero-order valence-corrected chi connectivity index (χ0v) is 12.2. The van der Waals surface area contributed by atoms with Crippen molar-refractivity contribution in [3.8, 4) is 5.75 Å². The van der Waals surface area contributed by atoms with Crippen LogP contribution in [-0.4, -0.2) is 13.2 Å². The quantitative estimate of drug-likeness (QED) is 0.896. The summed E-state index contributed by atoms with van der Waals surface area (Å²) in [5, 5.41) is 3.42.